The van der Waals surface area contributed by atoms with E-state index in [4.69, 9.17) is 40.2 Å². The van der Waals surface area contributed by atoms with Crippen molar-refractivity contribution in [3.05, 3.63) is 130 Å². The molecule has 0 saturated heterocycles. The van der Waals surface area contributed by atoms with Gasteiger partial charge in [-0.05, 0) is 35.4 Å². The van der Waals surface area contributed by atoms with Crippen LogP contribution in [0, 0.1) is 13.8 Å². The summed E-state index contributed by atoms with van der Waals surface area (Å²) in [5, 5.41) is 6.74. The summed E-state index contributed by atoms with van der Waals surface area (Å²) in [5.74, 6) is 0. The third-order valence-corrected chi connectivity index (χ3v) is 6.53. The molecule has 0 aliphatic carbocycles. The Hall–Kier alpha value is -1.64. The van der Waals surface area contributed by atoms with Crippen LogP contribution in [0.4, 0.5) is 0 Å². The Morgan fingerprint density at radius 1 is 0.575 bits per heavy atom. The van der Waals surface area contributed by atoms with Gasteiger partial charge >= 0.3 is 37.9 Å². The Balaban J connectivity index is 0.000000185. The summed E-state index contributed by atoms with van der Waals surface area (Å²) in [6.45, 7) is 8.56. The molecule has 0 bridgehead atoms. The first-order valence-corrected chi connectivity index (χ1v) is 21.8. The van der Waals surface area contributed by atoms with Crippen molar-refractivity contribution in [2.24, 2.45) is 0 Å². The van der Waals surface area contributed by atoms with Crippen molar-refractivity contribution in [3.63, 3.8) is 0 Å². The van der Waals surface area contributed by atoms with Crippen LogP contribution < -0.4 is 0 Å². The van der Waals surface area contributed by atoms with Gasteiger partial charge in [0.05, 0.1) is 0 Å². The molecule has 0 saturated carbocycles. The molecule has 0 N–H and O–H groups in total. The summed E-state index contributed by atoms with van der Waals surface area (Å²) in [5.41, 5.74) is 7.45. The molecule has 0 aliphatic rings. The first-order valence-electron chi connectivity index (χ1n) is 12.7. The Labute approximate surface area is 269 Å². The topological polar surface area (TPSA) is 0 Å². The van der Waals surface area contributed by atoms with Gasteiger partial charge in [0.15, 0.2) is 0 Å². The molecule has 0 aromatic heterocycles. The maximum absolute atomic E-state index is 6.05. The quantitative estimate of drug-likeness (QED) is 0.125. The second-order valence-corrected chi connectivity index (χ2v) is 14.9. The molecule has 0 fully saturated rings. The molecule has 202 valence electrons. The zero-order valence-corrected chi connectivity index (χ0v) is 29.4. The first-order chi connectivity index (χ1) is 19.3. The third-order valence-electron chi connectivity index (χ3n) is 6.06. The maximum atomic E-state index is 6.05. The van der Waals surface area contributed by atoms with Crippen molar-refractivity contribution in [1.82, 2.24) is 0 Å². The third kappa shape index (κ3) is 9.18. The second-order valence-electron chi connectivity index (χ2n) is 9.27. The number of aryl methyl sites for hydroxylation is 2. The van der Waals surface area contributed by atoms with E-state index in [0.29, 0.717) is 0 Å². The van der Waals surface area contributed by atoms with Crippen LogP contribution in [0.2, 0.25) is 23.1 Å². The van der Waals surface area contributed by atoms with E-state index in [1.807, 2.05) is 36.4 Å². The van der Waals surface area contributed by atoms with Crippen LogP contribution in [0.25, 0.3) is 43.8 Å². The molecule has 0 heterocycles. The predicted molar refractivity (Wildman–Crippen MR) is 179 cm³/mol. The predicted octanol–water partition coefficient (Wildman–Crippen LogP) is 12.5. The number of halogens is 4. The van der Waals surface area contributed by atoms with Gasteiger partial charge in [0.2, 0.25) is 0 Å². The molecular formula is C34H30Cl4SiZr. The molecule has 6 rings (SSSR count). The van der Waals surface area contributed by atoms with Crippen LogP contribution in [0.3, 0.4) is 0 Å². The molecule has 2 radical (unpaired) electrons. The Morgan fingerprint density at radius 3 is 1.27 bits per heavy atom. The van der Waals surface area contributed by atoms with E-state index in [1.54, 1.807) is 0 Å². The number of rotatable bonds is 2. The summed E-state index contributed by atoms with van der Waals surface area (Å²) in [7, 11) is 11.0. The fraction of sp³-hybridized carbons (Fsp3) is 0.118. The number of benzene rings is 4. The molecule has 0 spiro atoms. The van der Waals surface area contributed by atoms with Gasteiger partial charge in [-0.25, -0.2) is 0 Å². The Morgan fingerprint density at radius 2 is 0.925 bits per heavy atom. The molecule has 0 aliphatic heterocycles. The summed E-state index contributed by atoms with van der Waals surface area (Å²) in [6.07, 6.45) is 0. The average molecular weight is 700 g/mol. The normalized spacial score (nSPS) is 10.0. The fourth-order valence-electron chi connectivity index (χ4n) is 4.58. The van der Waals surface area contributed by atoms with E-state index in [0.717, 1.165) is 19.6 Å². The van der Waals surface area contributed by atoms with Gasteiger partial charge in [0.1, 0.15) is 0 Å². The minimum atomic E-state index is -0.826. The standard InChI is InChI=1S/2C16H12Cl.C2H6Si.2ClH.Zr/c2*1-11-8-12-5-3-7-15(16(12)9-11)13-4-2-6-14(17)10-13;1-3-2;;;/h2*2-10H,1H3;1-2H3;2*1H;/q2*-1;;;;+4/p-2. The molecule has 6 heteroatoms. The van der Waals surface area contributed by atoms with Crippen molar-refractivity contribution in [2.45, 2.75) is 26.9 Å². The van der Waals surface area contributed by atoms with Crippen molar-refractivity contribution in [3.8, 4) is 22.3 Å². The summed E-state index contributed by atoms with van der Waals surface area (Å²) < 4.78 is 0. The van der Waals surface area contributed by atoms with Crippen LogP contribution in [0.1, 0.15) is 11.1 Å². The van der Waals surface area contributed by atoms with Crippen LogP contribution in [0.5, 0.6) is 0 Å². The molecule has 40 heavy (non-hydrogen) atoms. The average Bonchev–Trinajstić information content (AvgIpc) is 3.50. The van der Waals surface area contributed by atoms with Gasteiger partial charge in [0.25, 0.3) is 0 Å². The van der Waals surface area contributed by atoms with Crippen molar-refractivity contribution in [2.75, 3.05) is 0 Å². The zero-order valence-electron chi connectivity index (χ0n) is 22.9. The van der Waals surface area contributed by atoms with Crippen LogP contribution in [0.15, 0.2) is 109 Å². The minimum absolute atomic E-state index is 0.780. The molecule has 0 unspecified atom stereocenters. The molecule has 0 atom stereocenters. The molecule has 6 aromatic rings. The van der Waals surface area contributed by atoms with Crippen LogP contribution in [-0.2, 0) is 20.8 Å². The van der Waals surface area contributed by atoms with Gasteiger partial charge in [-0.15, -0.1) is 69.1 Å². The molecule has 6 aromatic carbocycles. The van der Waals surface area contributed by atoms with E-state index < -0.39 is 20.8 Å². The zero-order chi connectivity index (χ0) is 29.1. The van der Waals surface area contributed by atoms with Gasteiger partial charge in [-0.1, -0.05) is 97.7 Å². The van der Waals surface area contributed by atoms with Crippen molar-refractivity contribution >= 4 is 71.3 Å². The van der Waals surface area contributed by atoms with E-state index in [9.17, 15) is 0 Å². The monoisotopic (exact) mass is 696 g/mol. The van der Waals surface area contributed by atoms with Gasteiger partial charge in [-0.3, -0.25) is 0 Å². The first kappa shape index (κ1) is 32.9. The van der Waals surface area contributed by atoms with Gasteiger partial charge in [-0.2, -0.15) is 12.1 Å². The van der Waals surface area contributed by atoms with E-state index >= 15 is 0 Å². The van der Waals surface area contributed by atoms with E-state index in [2.05, 4.69) is 99.7 Å². The number of hydrogen-bond donors (Lipinski definition) is 0. The summed E-state index contributed by atoms with van der Waals surface area (Å²) in [6, 6.07) is 37.7. The second kappa shape index (κ2) is 16.7. The SMILES string of the molecule is C[Si]C.Cc1cc2c(-c3cccc(Cl)c3)cccc2[cH-]1.Cc1cc2c(-c3cccc(Cl)c3)cccc2[cH-]1.[Cl][Zr+2][Cl]. The molecule has 0 nitrogen and oxygen atoms in total. The van der Waals surface area contributed by atoms with Crippen molar-refractivity contribution < 1.29 is 20.8 Å². The molecular weight excluding hydrogens is 669 g/mol. The Bertz CT molecular complexity index is 1530. The molecule has 0 amide bonds. The number of hydrogen-bond acceptors (Lipinski definition) is 0. The fourth-order valence-corrected chi connectivity index (χ4v) is 4.97. The van der Waals surface area contributed by atoms with Crippen molar-refractivity contribution in [1.29, 1.82) is 0 Å². The van der Waals surface area contributed by atoms with Gasteiger partial charge < -0.3 is 0 Å². The Kier molecular flexibility index (Phi) is 13.7. The van der Waals surface area contributed by atoms with Gasteiger partial charge in [0, 0.05) is 19.6 Å². The summed E-state index contributed by atoms with van der Waals surface area (Å²) >= 11 is 11.3. The van der Waals surface area contributed by atoms with Crippen LogP contribution in [-0.4, -0.2) is 9.52 Å². The van der Waals surface area contributed by atoms with Crippen LogP contribution >= 0.6 is 40.2 Å². The van der Waals surface area contributed by atoms with E-state index in [-0.39, 0.29) is 0 Å². The summed E-state index contributed by atoms with van der Waals surface area (Å²) in [4.78, 5) is 0. The van der Waals surface area contributed by atoms with E-state index in [1.165, 1.54) is 54.9 Å². The number of fused-ring (bicyclic) bond motifs is 2.